The molecule has 0 aliphatic heterocycles. The number of ether oxygens (including phenoxy) is 1. The summed E-state index contributed by atoms with van der Waals surface area (Å²) in [4.78, 5) is 33.8. The molecule has 2 atom stereocenters. The van der Waals surface area contributed by atoms with Crippen molar-refractivity contribution in [1.29, 1.82) is 0 Å². The van der Waals surface area contributed by atoms with Gasteiger partial charge in [0.1, 0.15) is 6.04 Å². The third-order valence-electron chi connectivity index (χ3n) is 2.84. The van der Waals surface area contributed by atoms with Crippen LogP contribution in [0.3, 0.4) is 0 Å². The summed E-state index contributed by atoms with van der Waals surface area (Å²) in [6.45, 7) is 1.73. The number of nitrogens with one attached hydrogen (secondary N) is 3. The molecule has 0 aliphatic rings. The molecule has 1 aromatic heterocycles. The van der Waals surface area contributed by atoms with Gasteiger partial charge < -0.3 is 20.5 Å². The number of methoxy groups -OCH3 is 1. The summed E-state index contributed by atoms with van der Waals surface area (Å²) in [7, 11) is 1.21. The van der Waals surface area contributed by atoms with Gasteiger partial charge in [-0.25, -0.2) is 9.59 Å². The first kappa shape index (κ1) is 16.5. The number of esters is 1. The highest BCUT2D eigenvalue weighted by atomic mass is 16.5. The normalized spacial score (nSPS) is 13.0. The largest absolute Gasteiger partial charge is 0.480 e. The number of amides is 2. The highest BCUT2D eigenvalue weighted by molar-refractivity contribution is 5.83. The van der Waals surface area contributed by atoms with Crippen molar-refractivity contribution in [3.05, 3.63) is 18.0 Å². The quantitative estimate of drug-likeness (QED) is 0.530. The topological polar surface area (TPSA) is 133 Å². The molecule has 4 N–H and O–H groups in total. The fourth-order valence-electron chi connectivity index (χ4n) is 1.60. The number of carboxylic acids is 1. The van der Waals surface area contributed by atoms with Crippen molar-refractivity contribution in [3.8, 4) is 0 Å². The number of carbonyl (C=O) groups is 3. The Kier molecular flexibility index (Phi) is 6.18. The van der Waals surface area contributed by atoms with Gasteiger partial charge >= 0.3 is 18.0 Å². The molecule has 0 aromatic carbocycles. The first-order valence-corrected chi connectivity index (χ1v) is 6.29. The number of aromatic nitrogens is 2. The van der Waals surface area contributed by atoms with Gasteiger partial charge in [0.15, 0.2) is 0 Å². The third kappa shape index (κ3) is 5.51. The number of carboxylic acid groups (broad SMARTS) is 1. The summed E-state index contributed by atoms with van der Waals surface area (Å²) < 4.78 is 4.43. The highest BCUT2D eigenvalue weighted by Gasteiger charge is 2.22. The van der Waals surface area contributed by atoms with Crippen molar-refractivity contribution in [2.75, 3.05) is 7.11 Å². The van der Waals surface area contributed by atoms with Gasteiger partial charge in [-0.1, -0.05) is 0 Å². The zero-order valence-corrected chi connectivity index (χ0v) is 11.8. The van der Waals surface area contributed by atoms with Crippen molar-refractivity contribution in [2.24, 2.45) is 0 Å². The van der Waals surface area contributed by atoms with E-state index in [1.807, 2.05) is 0 Å². The van der Waals surface area contributed by atoms with Gasteiger partial charge in [0.05, 0.1) is 19.3 Å². The number of hydrogen-bond acceptors (Lipinski definition) is 5. The number of aliphatic carboxylic acids is 1. The molecule has 0 radical (unpaired) electrons. The second-order valence-electron chi connectivity index (χ2n) is 4.38. The van der Waals surface area contributed by atoms with E-state index in [1.165, 1.54) is 7.11 Å². The van der Waals surface area contributed by atoms with Crippen molar-refractivity contribution >= 4 is 18.0 Å². The number of aromatic amines is 1. The summed E-state index contributed by atoms with van der Waals surface area (Å²) >= 11 is 0. The molecule has 2 amide bonds. The Morgan fingerprint density at radius 2 is 2.14 bits per heavy atom. The number of H-pyrrole nitrogens is 1. The lowest BCUT2D eigenvalue weighted by atomic mass is 10.1. The molecule has 1 rings (SSSR count). The summed E-state index contributed by atoms with van der Waals surface area (Å²) in [5, 5.41) is 20.3. The summed E-state index contributed by atoms with van der Waals surface area (Å²) in [5.74, 6) is -1.75. The number of rotatable bonds is 7. The van der Waals surface area contributed by atoms with Crippen LogP contribution in [0.5, 0.6) is 0 Å². The summed E-state index contributed by atoms with van der Waals surface area (Å²) in [6.07, 6.45) is 3.04. The van der Waals surface area contributed by atoms with E-state index in [0.717, 1.165) is 5.56 Å². The molecule has 0 bridgehead atoms. The van der Waals surface area contributed by atoms with Crippen LogP contribution >= 0.6 is 0 Å². The van der Waals surface area contributed by atoms with Crippen LogP contribution in [0.2, 0.25) is 0 Å². The lowest BCUT2D eigenvalue weighted by molar-refractivity contribution is -0.142. The van der Waals surface area contributed by atoms with E-state index < -0.39 is 24.0 Å². The van der Waals surface area contributed by atoms with E-state index in [4.69, 9.17) is 5.11 Å². The molecule has 1 unspecified atom stereocenters. The van der Waals surface area contributed by atoms with Crippen molar-refractivity contribution < 1.29 is 24.2 Å². The molecule has 9 nitrogen and oxygen atoms in total. The number of hydrogen-bond donors (Lipinski definition) is 4. The van der Waals surface area contributed by atoms with Gasteiger partial charge in [-0.15, -0.1) is 0 Å². The van der Waals surface area contributed by atoms with Crippen LogP contribution in [0.4, 0.5) is 4.79 Å². The zero-order valence-electron chi connectivity index (χ0n) is 11.8. The SMILES string of the molecule is COC(=O)CC[C@@H](NC(=O)NC(C)c1cn[nH]c1)C(=O)O. The Morgan fingerprint density at radius 3 is 2.67 bits per heavy atom. The van der Waals surface area contributed by atoms with Crippen LogP contribution < -0.4 is 10.6 Å². The van der Waals surface area contributed by atoms with Crippen LogP contribution in [0.15, 0.2) is 12.4 Å². The van der Waals surface area contributed by atoms with E-state index in [2.05, 4.69) is 25.6 Å². The first-order chi connectivity index (χ1) is 9.93. The lowest BCUT2D eigenvalue weighted by Crippen LogP contribution is -2.46. The molecule has 0 saturated carbocycles. The first-order valence-electron chi connectivity index (χ1n) is 6.29. The standard InChI is InChI=1S/C12H18N4O5/c1-7(8-5-13-14-6-8)15-12(20)16-9(11(18)19)3-4-10(17)21-2/h5-7,9H,3-4H2,1-2H3,(H,13,14)(H,18,19)(H2,15,16,20)/t7?,9-/m1/s1. The maximum absolute atomic E-state index is 11.7. The number of carbonyl (C=O) groups excluding carboxylic acids is 2. The average Bonchev–Trinajstić information content (AvgIpc) is 2.96. The Labute approximate surface area is 121 Å². The minimum absolute atomic E-state index is 0.0461. The summed E-state index contributed by atoms with van der Waals surface area (Å²) in [6, 6.07) is -2.14. The molecule has 116 valence electrons. The summed E-state index contributed by atoms with van der Waals surface area (Å²) in [5.41, 5.74) is 0.756. The monoisotopic (exact) mass is 298 g/mol. The smallest absolute Gasteiger partial charge is 0.326 e. The van der Waals surface area contributed by atoms with Gasteiger partial charge in [0.25, 0.3) is 0 Å². The van der Waals surface area contributed by atoms with Crippen molar-refractivity contribution in [2.45, 2.75) is 31.8 Å². The fraction of sp³-hybridized carbons (Fsp3) is 0.500. The molecule has 9 heteroatoms. The van der Waals surface area contributed by atoms with Gasteiger partial charge in [0.2, 0.25) is 0 Å². The molecule has 21 heavy (non-hydrogen) atoms. The van der Waals surface area contributed by atoms with Gasteiger partial charge in [-0.2, -0.15) is 5.10 Å². The maximum atomic E-state index is 11.7. The molecule has 1 heterocycles. The highest BCUT2D eigenvalue weighted by Crippen LogP contribution is 2.08. The Balaban J connectivity index is 2.48. The van der Waals surface area contributed by atoms with E-state index in [-0.39, 0.29) is 18.9 Å². The second kappa shape index (κ2) is 7.88. The van der Waals surface area contributed by atoms with Crippen LogP contribution in [0.1, 0.15) is 31.4 Å². The Morgan fingerprint density at radius 1 is 1.43 bits per heavy atom. The van der Waals surface area contributed by atoms with Crippen LogP contribution in [-0.4, -0.2) is 46.4 Å². The molecular formula is C12H18N4O5. The molecule has 0 fully saturated rings. The molecule has 0 aliphatic carbocycles. The predicted octanol–water partition coefficient (Wildman–Crippen LogP) is 0.176. The van der Waals surface area contributed by atoms with Crippen LogP contribution in [0.25, 0.3) is 0 Å². The van der Waals surface area contributed by atoms with Crippen LogP contribution in [0, 0.1) is 0 Å². The Hall–Kier alpha value is -2.58. The van der Waals surface area contributed by atoms with Crippen molar-refractivity contribution in [3.63, 3.8) is 0 Å². The van der Waals surface area contributed by atoms with Gasteiger partial charge in [-0.05, 0) is 13.3 Å². The molecule has 0 saturated heterocycles. The number of urea groups is 1. The van der Waals surface area contributed by atoms with E-state index in [0.29, 0.717) is 0 Å². The number of nitrogens with zero attached hydrogens (tertiary/aromatic N) is 1. The second-order valence-corrected chi connectivity index (χ2v) is 4.38. The van der Waals surface area contributed by atoms with E-state index in [1.54, 1.807) is 19.3 Å². The lowest BCUT2D eigenvalue weighted by Gasteiger charge is -2.17. The van der Waals surface area contributed by atoms with Crippen LogP contribution in [-0.2, 0) is 14.3 Å². The zero-order chi connectivity index (χ0) is 15.8. The van der Waals surface area contributed by atoms with E-state index >= 15 is 0 Å². The van der Waals surface area contributed by atoms with E-state index in [9.17, 15) is 14.4 Å². The van der Waals surface area contributed by atoms with Crippen molar-refractivity contribution in [1.82, 2.24) is 20.8 Å². The fourth-order valence-corrected chi connectivity index (χ4v) is 1.60. The van der Waals surface area contributed by atoms with Gasteiger partial charge in [0, 0.05) is 18.2 Å². The minimum Gasteiger partial charge on any atom is -0.480 e. The molecule has 0 spiro atoms. The molecule has 1 aromatic rings. The molecular weight excluding hydrogens is 280 g/mol. The average molecular weight is 298 g/mol. The minimum atomic E-state index is -1.22. The Bertz CT molecular complexity index is 488. The third-order valence-corrected chi connectivity index (χ3v) is 2.84. The van der Waals surface area contributed by atoms with Gasteiger partial charge in [-0.3, -0.25) is 9.89 Å². The maximum Gasteiger partial charge on any atom is 0.326 e. The predicted molar refractivity (Wildman–Crippen MR) is 71.3 cm³/mol.